The van der Waals surface area contributed by atoms with Crippen molar-refractivity contribution in [3.05, 3.63) is 29.8 Å². The molecule has 0 radical (unpaired) electrons. The summed E-state index contributed by atoms with van der Waals surface area (Å²) in [6, 6.07) is 8.12. The van der Waals surface area contributed by atoms with Crippen LogP contribution in [0.15, 0.2) is 24.3 Å². The van der Waals surface area contributed by atoms with E-state index >= 15 is 0 Å². The highest BCUT2D eigenvalue weighted by Gasteiger charge is 2.32. The predicted octanol–water partition coefficient (Wildman–Crippen LogP) is 4.35. The SMILES string of the molecule is CC[C@H](C)c1ccccc1OC[C@@H](O)CNC(C)(C)C(C)(C)C. The lowest BCUT2D eigenvalue weighted by Crippen LogP contribution is -2.52. The summed E-state index contributed by atoms with van der Waals surface area (Å²) in [7, 11) is 0. The molecule has 0 heterocycles. The van der Waals surface area contributed by atoms with E-state index in [1.165, 1.54) is 5.56 Å². The van der Waals surface area contributed by atoms with Crippen LogP contribution in [0.1, 0.15) is 66.4 Å². The Morgan fingerprint density at radius 3 is 2.30 bits per heavy atom. The molecule has 3 heteroatoms. The van der Waals surface area contributed by atoms with Gasteiger partial charge in [0.2, 0.25) is 0 Å². The molecule has 2 N–H and O–H groups in total. The van der Waals surface area contributed by atoms with E-state index in [0.29, 0.717) is 19.1 Å². The lowest BCUT2D eigenvalue weighted by atomic mass is 9.76. The number of benzene rings is 1. The van der Waals surface area contributed by atoms with Gasteiger partial charge in [-0.1, -0.05) is 52.8 Å². The van der Waals surface area contributed by atoms with Gasteiger partial charge in [0.25, 0.3) is 0 Å². The second kappa shape index (κ2) is 8.16. The molecule has 1 aromatic carbocycles. The number of hydrogen-bond acceptors (Lipinski definition) is 3. The van der Waals surface area contributed by atoms with Crippen LogP contribution in [0.3, 0.4) is 0 Å². The summed E-state index contributed by atoms with van der Waals surface area (Å²) in [5.74, 6) is 1.34. The van der Waals surface area contributed by atoms with Crippen LogP contribution in [-0.2, 0) is 0 Å². The molecule has 1 rings (SSSR count). The highest BCUT2D eigenvalue weighted by Crippen LogP contribution is 2.30. The molecule has 23 heavy (non-hydrogen) atoms. The summed E-state index contributed by atoms with van der Waals surface area (Å²) in [5, 5.41) is 13.7. The first-order chi connectivity index (χ1) is 10.6. The average Bonchev–Trinajstić information content (AvgIpc) is 2.49. The van der Waals surface area contributed by atoms with Gasteiger partial charge in [0.15, 0.2) is 0 Å². The Hall–Kier alpha value is -1.06. The van der Waals surface area contributed by atoms with Crippen molar-refractivity contribution in [3.63, 3.8) is 0 Å². The fraction of sp³-hybridized carbons (Fsp3) is 0.700. The summed E-state index contributed by atoms with van der Waals surface area (Å²) in [6.07, 6.45) is 0.547. The second-order valence-electron chi connectivity index (χ2n) is 8.07. The van der Waals surface area contributed by atoms with Crippen molar-refractivity contribution in [3.8, 4) is 5.75 Å². The standard InChI is InChI=1S/C20H35NO2/c1-8-15(2)17-11-9-10-12-18(17)23-14-16(22)13-21-20(6,7)19(3,4)5/h9-12,15-16,21-22H,8,13-14H2,1-7H3/t15-,16-/m0/s1. The Balaban J connectivity index is 2.56. The van der Waals surface area contributed by atoms with Crippen LogP contribution < -0.4 is 10.1 Å². The van der Waals surface area contributed by atoms with E-state index in [9.17, 15) is 5.11 Å². The molecule has 1 aromatic rings. The Morgan fingerprint density at radius 1 is 1.13 bits per heavy atom. The van der Waals surface area contributed by atoms with Gasteiger partial charge in [-0.3, -0.25) is 0 Å². The number of ether oxygens (including phenoxy) is 1. The third-order valence-electron chi connectivity index (χ3n) is 5.15. The van der Waals surface area contributed by atoms with Gasteiger partial charge in [0, 0.05) is 12.1 Å². The maximum absolute atomic E-state index is 10.2. The fourth-order valence-electron chi connectivity index (χ4n) is 2.12. The highest BCUT2D eigenvalue weighted by atomic mass is 16.5. The number of rotatable bonds is 8. The van der Waals surface area contributed by atoms with Crippen molar-refractivity contribution in [1.29, 1.82) is 0 Å². The number of aliphatic hydroxyl groups excluding tert-OH is 1. The number of para-hydroxylation sites is 1. The number of nitrogens with one attached hydrogen (secondary N) is 1. The minimum atomic E-state index is -0.526. The van der Waals surface area contributed by atoms with Gasteiger partial charge in [0.1, 0.15) is 18.5 Å². The van der Waals surface area contributed by atoms with Crippen molar-refractivity contribution in [2.24, 2.45) is 5.41 Å². The molecule has 132 valence electrons. The zero-order valence-corrected chi connectivity index (χ0v) is 15.9. The van der Waals surface area contributed by atoms with E-state index in [-0.39, 0.29) is 11.0 Å². The summed E-state index contributed by atoms with van der Waals surface area (Å²) in [5.41, 5.74) is 1.28. The minimum Gasteiger partial charge on any atom is -0.491 e. The largest absolute Gasteiger partial charge is 0.491 e. The van der Waals surface area contributed by atoms with Crippen LogP contribution >= 0.6 is 0 Å². The lowest BCUT2D eigenvalue weighted by Gasteiger charge is -2.40. The molecule has 0 unspecified atom stereocenters. The molecule has 0 aromatic heterocycles. The Kier molecular flexibility index (Phi) is 7.09. The summed E-state index contributed by atoms with van der Waals surface area (Å²) in [4.78, 5) is 0. The van der Waals surface area contributed by atoms with E-state index in [1.54, 1.807) is 0 Å². The van der Waals surface area contributed by atoms with Crippen molar-refractivity contribution in [1.82, 2.24) is 5.32 Å². The summed E-state index contributed by atoms with van der Waals surface area (Å²) in [6.45, 7) is 16.1. The van der Waals surface area contributed by atoms with Crippen molar-refractivity contribution < 1.29 is 9.84 Å². The van der Waals surface area contributed by atoms with E-state index in [4.69, 9.17) is 4.74 Å². The third kappa shape index (κ3) is 5.82. The molecule has 0 bridgehead atoms. The number of β-amino-alcohol motifs (C(OH)–C–C–N with tert-alkyl or cyclic N) is 1. The van der Waals surface area contributed by atoms with Gasteiger partial charge in [0.05, 0.1) is 0 Å². The molecule has 2 atom stereocenters. The second-order valence-corrected chi connectivity index (χ2v) is 8.07. The maximum Gasteiger partial charge on any atom is 0.122 e. The van der Waals surface area contributed by atoms with Gasteiger partial charge in [-0.05, 0) is 43.2 Å². The normalized spacial score (nSPS) is 15.3. The molecule has 0 aliphatic rings. The highest BCUT2D eigenvalue weighted by molar-refractivity contribution is 5.35. The van der Waals surface area contributed by atoms with E-state index in [0.717, 1.165) is 12.2 Å². The first-order valence-electron chi connectivity index (χ1n) is 8.73. The molecule has 0 aliphatic heterocycles. The van der Waals surface area contributed by atoms with Gasteiger partial charge >= 0.3 is 0 Å². The van der Waals surface area contributed by atoms with Crippen LogP contribution in [0.4, 0.5) is 0 Å². The number of hydrogen-bond donors (Lipinski definition) is 2. The molecule has 0 saturated heterocycles. The molecule has 0 amide bonds. The molecule has 0 fully saturated rings. The van der Waals surface area contributed by atoms with Crippen LogP contribution in [-0.4, -0.2) is 29.9 Å². The van der Waals surface area contributed by atoms with Crippen molar-refractivity contribution in [2.75, 3.05) is 13.2 Å². The average molecular weight is 322 g/mol. The summed E-state index contributed by atoms with van der Waals surface area (Å²) < 4.78 is 5.88. The van der Waals surface area contributed by atoms with Crippen LogP contribution in [0.5, 0.6) is 5.75 Å². The topological polar surface area (TPSA) is 41.5 Å². The third-order valence-corrected chi connectivity index (χ3v) is 5.15. The molecular formula is C20H35NO2. The predicted molar refractivity (Wildman–Crippen MR) is 98.2 cm³/mol. The van der Waals surface area contributed by atoms with Crippen LogP contribution in [0.25, 0.3) is 0 Å². The van der Waals surface area contributed by atoms with Gasteiger partial charge in [-0.15, -0.1) is 0 Å². The molecular weight excluding hydrogens is 286 g/mol. The molecule has 3 nitrogen and oxygen atoms in total. The van der Waals surface area contributed by atoms with Gasteiger partial charge in [-0.25, -0.2) is 0 Å². The molecule has 0 spiro atoms. The fourth-order valence-corrected chi connectivity index (χ4v) is 2.12. The van der Waals surface area contributed by atoms with Gasteiger partial charge < -0.3 is 15.2 Å². The Bertz CT molecular complexity index is 477. The first kappa shape index (κ1) is 20.0. The van der Waals surface area contributed by atoms with Crippen LogP contribution in [0, 0.1) is 5.41 Å². The van der Waals surface area contributed by atoms with Crippen molar-refractivity contribution >= 4 is 0 Å². The smallest absolute Gasteiger partial charge is 0.122 e. The van der Waals surface area contributed by atoms with Crippen LogP contribution in [0.2, 0.25) is 0 Å². The van der Waals surface area contributed by atoms with E-state index < -0.39 is 6.10 Å². The Labute approximate surface area is 142 Å². The quantitative estimate of drug-likeness (QED) is 0.748. The van der Waals surface area contributed by atoms with Crippen molar-refractivity contribution in [2.45, 2.75) is 72.4 Å². The minimum absolute atomic E-state index is 0.0530. The summed E-state index contributed by atoms with van der Waals surface area (Å²) >= 11 is 0. The molecule has 0 aliphatic carbocycles. The zero-order valence-electron chi connectivity index (χ0n) is 15.9. The monoisotopic (exact) mass is 321 g/mol. The molecule has 0 saturated carbocycles. The number of aliphatic hydroxyl groups is 1. The first-order valence-corrected chi connectivity index (χ1v) is 8.73. The van der Waals surface area contributed by atoms with E-state index in [2.05, 4.69) is 59.8 Å². The van der Waals surface area contributed by atoms with E-state index in [1.807, 2.05) is 18.2 Å². The zero-order chi connectivity index (χ0) is 17.7. The Morgan fingerprint density at radius 2 is 1.74 bits per heavy atom. The van der Waals surface area contributed by atoms with Gasteiger partial charge in [-0.2, -0.15) is 0 Å². The lowest BCUT2D eigenvalue weighted by molar-refractivity contribution is 0.0826. The maximum atomic E-state index is 10.2.